The molecule has 0 saturated carbocycles. The molecular formula is C14H26N4O. The van der Waals surface area contributed by atoms with Crippen molar-refractivity contribution in [1.29, 1.82) is 0 Å². The Kier molecular flexibility index (Phi) is 4.26. The smallest absolute Gasteiger partial charge is 0.232 e. The van der Waals surface area contributed by atoms with Crippen LogP contribution in [0.5, 0.6) is 0 Å². The zero-order chi connectivity index (χ0) is 14.0. The molecule has 5 heteroatoms. The Bertz CT molecular complexity index is 410. The fraction of sp³-hybridized carbons (Fsp3) is 0.857. The summed E-state index contributed by atoms with van der Waals surface area (Å²) in [6, 6.07) is 0.445. The quantitative estimate of drug-likeness (QED) is 0.905. The van der Waals surface area contributed by atoms with E-state index in [2.05, 4.69) is 42.7 Å². The summed E-state index contributed by atoms with van der Waals surface area (Å²) in [5, 5.41) is 4.10. The van der Waals surface area contributed by atoms with Crippen LogP contribution in [0, 0.1) is 5.92 Å². The first-order chi connectivity index (χ1) is 8.90. The van der Waals surface area contributed by atoms with Gasteiger partial charge >= 0.3 is 0 Å². The first-order valence-electron chi connectivity index (χ1n) is 7.17. The Labute approximate surface area is 115 Å². The molecule has 19 heavy (non-hydrogen) atoms. The number of hydrogen-bond acceptors (Lipinski definition) is 5. The van der Waals surface area contributed by atoms with Crippen LogP contribution in [0.2, 0.25) is 0 Å². The van der Waals surface area contributed by atoms with E-state index in [1.54, 1.807) is 0 Å². The van der Waals surface area contributed by atoms with E-state index in [1.165, 1.54) is 12.8 Å². The Morgan fingerprint density at radius 2 is 2.16 bits per heavy atom. The summed E-state index contributed by atoms with van der Waals surface area (Å²) in [7, 11) is 0. The van der Waals surface area contributed by atoms with Gasteiger partial charge in [0.25, 0.3) is 0 Å². The Hall–Kier alpha value is -0.940. The molecule has 0 spiro atoms. The highest BCUT2D eigenvalue weighted by atomic mass is 16.5. The summed E-state index contributed by atoms with van der Waals surface area (Å²) in [5.74, 6) is 2.25. The lowest BCUT2D eigenvalue weighted by Gasteiger charge is -2.37. The van der Waals surface area contributed by atoms with Gasteiger partial charge in [-0.15, -0.1) is 0 Å². The van der Waals surface area contributed by atoms with E-state index >= 15 is 0 Å². The van der Waals surface area contributed by atoms with Crippen molar-refractivity contribution in [3.8, 4) is 0 Å². The maximum atomic E-state index is 5.88. The van der Waals surface area contributed by atoms with Crippen molar-refractivity contribution in [2.75, 3.05) is 13.1 Å². The van der Waals surface area contributed by atoms with E-state index in [0.717, 1.165) is 24.8 Å². The molecule has 0 aliphatic carbocycles. The predicted molar refractivity (Wildman–Crippen MR) is 74.6 cm³/mol. The molecule has 1 aromatic rings. The third-order valence-electron chi connectivity index (χ3n) is 3.83. The second-order valence-electron chi connectivity index (χ2n) is 6.76. The van der Waals surface area contributed by atoms with Gasteiger partial charge in [0.05, 0.1) is 6.54 Å². The van der Waals surface area contributed by atoms with Crippen LogP contribution in [-0.2, 0) is 12.0 Å². The Balaban J connectivity index is 2.02. The number of nitrogens with zero attached hydrogens (tertiary/aromatic N) is 3. The van der Waals surface area contributed by atoms with Gasteiger partial charge in [0, 0.05) is 18.0 Å². The number of nitrogens with two attached hydrogens (primary N) is 1. The van der Waals surface area contributed by atoms with Gasteiger partial charge in [-0.2, -0.15) is 4.98 Å². The number of rotatable bonds is 3. The molecule has 0 aromatic carbocycles. The van der Waals surface area contributed by atoms with Gasteiger partial charge in [-0.25, -0.2) is 0 Å². The molecule has 2 heterocycles. The molecule has 0 amide bonds. The first-order valence-corrected chi connectivity index (χ1v) is 7.17. The molecule has 5 nitrogen and oxygen atoms in total. The fourth-order valence-corrected chi connectivity index (χ4v) is 2.56. The highest BCUT2D eigenvalue weighted by Crippen LogP contribution is 2.24. The summed E-state index contributed by atoms with van der Waals surface area (Å²) < 4.78 is 5.34. The van der Waals surface area contributed by atoms with Gasteiger partial charge in [-0.3, -0.25) is 4.90 Å². The van der Waals surface area contributed by atoms with E-state index in [0.29, 0.717) is 18.5 Å². The third kappa shape index (κ3) is 3.54. The minimum absolute atomic E-state index is 0.0884. The molecule has 1 aliphatic heterocycles. The van der Waals surface area contributed by atoms with Crippen LogP contribution < -0.4 is 5.73 Å². The molecule has 1 fully saturated rings. The lowest BCUT2D eigenvalue weighted by molar-refractivity contribution is 0.111. The third-order valence-corrected chi connectivity index (χ3v) is 3.83. The molecule has 2 N–H and O–H groups in total. The SMILES string of the molecule is CC1CCN(Cc2noc(C(C)(C)C)n2)C(CN)C1. The average Bonchev–Trinajstić information content (AvgIpc) is 2.79. The minimum atomic E-state index is -0.0884. The van der Waals surface area contributed by atoms with Crippen molar-refractivity contribution < 1.29 is 4.52 Å². The van der Waals surface area contributed by atoms with Gasteiger partial charge in [0.1, 0.15) is 0 Å². The van der Waals surface area contributed by atoms with Crippen molar-refractivity contribution in [2.24, 2.45) is 11.7 Å². The summed E-state index contributed by atoms with van der Waals surface area (Å²) in [5.41, 5.74) is 5.79. The van der Waals surface area contributed by atoms with Crippen LogP contribution in [-0.4, -0.2) is 34.2 Å². The van der Waals surface area contributed by atoms with Gasteiger partial charge in [0.2, 0.25) is 5.89 Å². The summed E-state index contributed by atoms with van der Waals surface area (Å²) in [6.45, 7) is 11.1. The topological polar surface area (TPSA) is 68.2 Å². The van der Waals surface area contributed by atoms with E-state index in [4.69, 9.17) is 10.3 Å². The second kappa shape index (κ2) is 5.59. The van der Waals surface area contributed by atoms with Crippen LogP contribution >= 0.6 is 0 Å². The van der Waals surface area contributed by atoms with Crippen LogP contribution in [0.4, 0.5) is 0 Å². The van der Waals surface area contributed by atoms with Crippen LogP contribution in [0.1, 0.15) is 52.3 Å². The fourth-order valence-electron chi connectivity index (χ4n) is 2.56. The molecule has 1 saturated heterocycles. The van der Waals surface area contributed by atoms with Crippen molar-refractivity contribution in [2.45, 2.75) is 58.5 Å². The average molecular weight is 266 g/mol. The van der Waals surface area contributed by atoms with E-state index < -0.39 is 0 Å². The lowest BCUT2D eigenvalue weighted by Crippen LogP contribution is -2.45. The number of aromatic nitrogens is 2. The highest BCUT2D eigenvalue weighted by molar-refractivity contribution is 4.98. The van der Waals surface area contributed by atoms with Gasteiger partial charge in [-0.1, -0.05) is 32.9 Å². The molecule has 108 valence electrons. The molecule has 0 radical (unpaired) electrons. The molecule has 2 rings (SSSR count). The molecule has 2 atom stereocenters. The van der Waals surface area contributed by atoms with Crippen LogP contribution in [0.25, 0.3) is 0 Å². The van der Waals surface area contributed by atoms with Gasteiger partial charge < -0.3 is 10.3 Å². The van der Waals surface area contributed by atoms with E-state index in [1.807, 2.05) is 0 Å². The summed E-state index contributed by atoms with van der Waals surface area (Å²) >= 11 is 0. The normalized spacial score (nSPS) is 25.7. The highest BCUT2D eigenvalue weighted by Gasteiger charge is 2.27. The van der Waals surface area contributed by atoms with Crippen molar-refractivity contribution in [1.82, 2.24) is 15.0 Å². The van der Waals surface area contributed by atoms with Crippen LogP contribution in [0.3, 0.4) is 0 Å². The maximum absolute atomic E-state index is 5.88. The molecule has 0 bridgehead atoms. The Morgan fingerprint density at radius 1 is 1.42 bits per heavy atom. The number of hydrogen-bond donors (Lipinski definition) is 1. The predicted octanol–water partition coefficient (Wildman–Crippen LogP) is 1.93. The lowest BCUT2D eigenvalue weighted by atomic mass is 9.92. The van der Waals surface area contributed by atoms with Crippen molar-refractivity contribution in [3.63, 3.8) is 0 Å². The summed E-state index contributed by atoms with van der Waals surface area (Å²) in [6.07, 6.45) is 2.39. The molecular weight excluding hydrogens is 240 g/mol. The zero-order valence-corrected chi connectivity index (χ0v) is 12.5. The maximum Gasteiger partial charge on any atom is 0.232 e. The molecule has 1 aliphatic rings. The zero-order valence-electron chi connectivity index (χ0n) is 12.5. The Morgan fingerprint density at radius 3 is 2.74 bits per heavy atom. The standard InChI is InChI=1S/C14H26N4O/c1-10-5-6-18(11(7-10)8-15)9-12-16-13(19-17-12)14(2,3)4/h10-11H,5-9,15H2,1-4H3. The number of piperidine rings is 1. The van der Waals surface area contributed by atoms with Crippen molar-refractivity contribution >= 4 is 0 Å². The largest absolute Gasteiger partial charge is 0.339 e. The van der Waals surface area contributed by atoms with Crippen LogP contribution in [0.15, 0.2) is 4.52 Å². The first kappa shape index (κ1) is 14.5. The van der Waals surface area contributed by atoms with Crippen molar-refractivity contribution in [3.05, 3.63) is 11.7 Å². The van der Waals surface area contributed by atoms with E-state index in [9.17, 15) is 0 Å². The second-order valence-corrected chi connectivity index (χ2v) is 6.76. The minimum Gasteiger partial charge on any atom is -0.339 e. The van der Waals surface area contributed by atoms with E-state index in [-0.39, 0.29) is 5.41 Å². The van der Waals surface area contributed by atoms with Gasteiger partial charge in [-0.05, 0) is 25.3 Å². The molecule has 2 unspecified atom stereocenters. The molecule has 1 aromatic heterocycles. The number of likely N-dealkylation sites (tertiary alicyclic amines) is 1. The monoisotopic (exact) mass is 266 g/mol. The summed E-state index contributed by atoms with van der Waals surface area (Å²) in [4.78, 5) is 6.89. The van der Waals surface area contributed by atoms with Gasteiger partial charge in [0.15, 0.2) is 5.82 Å².